The minimum atomic E-state index is -0.757. The minimum absolute atomic E-state index is 0.0233. The molecule has 4 heteroatoms. The van der Waals surface area contributed by atoms with E-state index in [1.807, 2.05) is 51.1 Å². The lowest BCUT2D eigenvalue weighted by molar-refractivity contribution is -0.279. The quantitative estimate of drug-likeness (QED) is 0.530. The molecule has 0 saturated heterocycles. The summed E-state index contributed by atoms with van der Waals surface area (Å²) < 4.78 is 17.7. The third kappa shape index (κ3) is 3.42. The summed E-state index contributed by atoms with van der Waals surface area (Å²) in [6, 6.07) is 10.1. The van der Waals surface area contributed by atoms with Crippen molar-refractivity contribution in [3.63, 3.8) is 0 Å². The smallest absolute Gasteiger partial charge is 0.217 e. The van der Waals surface area contributed by atoms with E-state index in [-0.39, 0.29) is 5.73 Å². The largest absolute Gasteiger partial charge is 0.377 e. The molecule has 1 aromatic carbocycles. The molecule has 0 fully saturated rings. The van der Waals surface area contributed by atoms with Crippen molar-refractivity contribution in [3.05, 3.63) is 35.9 Å². The van der Waals surface area contributed by atoms with Gasteiger partial charge in [-0.1, -0.05) is 30.3 Å². The fourth-order valence-corrected chi connectivity index (χ4v) is 3.14. The Hall–Kier alpha value is -0.683. The zero-order valence-corrected chi connectivity index (χ0v) is 13.8. The van der Waals surface area contributed by atoms with Gasteiger partial charge in [-0.2, -0.15) is 0 Å². The molecule has 0 aromatic heterocycles. The van der Waals surface area contributed by atoms with Crippen molar-refractivity contribution in [3.8, 4) is 0 Å². The van der Waals surface area contributed by atoms with E-state index in [4.69, 9.17) is 14.2 Å². The summed E-state index contributed by atoms with van der Waals surface area (Å²) in [6.45, 7) is 7.83. The predicted molar refractivity (Wildman–Crippen MR) is 76.7 cm³/mol. The van der Waals surface area contributed by atoms with Crippen LogP contribution in [0.1, 0.15) is 26.3 Å². The second-order valence-corrected chi connectivity index (χ2v) is 5.05. The summed E-state index contributed by atoms with van der Waals surface area (Å²) in [4.78, 5) is 0. The molecule has 1 aromatic rings. The van der Waals surface area contributed by atoms with Crippen molar-refractivity contribution in [1.82, 2.24) is 0 Å². The van der Waals surface area contributed by atoms with Crippen LogP contribution >= 0.6 is 0 Å². The van der Waals surface area contributed by atoms with Gasteiger partial charge in [0.15, 0.2) is 0 Å². The van der Waals surface area contributed by atoms with Gasteiger partial charge in [-0.05, 0) is 20.8 Å². The first-order valence-corrected chi connectivity index (χ1v) is 7.81. The van der Waals surface area contributed by atoms with Crippen LogP contribution in [0.5, 0.6) is 0 Å². The molecule has 0 saturated carbocycles. The first-order valence-electron chi connectivity index (χ1n) is 6.66. The Morgan fingerprint density at radius 3 is 2.00 bits per heavy atom. The highest BCUT2D eigenvalue weighted by Crippen LogP contribution is 2.31. The van der Waals surface area contributed by atoms with Gasteiger partial charge in [0.1, 0.15) is 0 Å². The summed E-state index contributed by atoms with van der Waals surface area (Å²) in [5, 5.41) is 0. The average molecular weight is 268 g/mol. The van der Waals surface area contributed by atoms with Crippen LogP contribution in [0.2, 0.25) is 0 Å². The van der Waals surface area contributed by atoms with Gasteiger partial charge in [0, 0.05) is 35.6 Å². The van der Waals surface area contributed by atoms with E-state index >= 15 is 0 Å². The second kappa shape index (κ2) is 7.69. The predicted octanol–water partition coefficient (Wildman–Crippen LogP) is 1.64. The van der Waals surface area contributed by atoms with Crippen molar-refractivity contribution in [2.45, 2.75) is 32.3 Å². The Kier molecular flexibility index (Phi) is 6.57. The molecule has 0 spiro atoms. The first kappa shape index (κ1) is 15.4. The van der Waals surface area contributed by atoms with Crippen molar-refractivity contribution >= 4 is 10.2 Å². The van der Waals surface area contributed by atoms with Gasteiger partial charge in [-0.25, -0.2) is 0 Å². The fourth-order valence-electron chi connectivity index (χ4n) is 2.14. The molecular weight excluding hydrogens is 244 g/mol. The maximum Gasteiger partial charge on any atom is 0.217 e. The molecule has 102 valence electrons. The Morgan fingerprint density at radius 1 is 1.00 bits per heavy atom. The van der Waals surface area contributed by atoms with E-state index in [9.17, 15) is 0 Å². The zero-order valence-electron chi connectivity index (χ0n) is 11.8. The summed E-state index contributed by atoms with van der Waals surface area (Å²) in [6.07, 6.45) is 0. The number of rotatable bonds is 8. The molecule has 0 aliphatic heterocycles. The second-order valence-electron chi connectivity index (χ2n) is 4.00. The molecule has 0 N–H and O–H groups in total. The molecule has 3 nitrogen and oxygen atoms in total. The van der Waals surface area contributed by atoms with Gasteiger partial charge >= 0.3 is 0 Å². The van der Waals surface area contributed by atoms with Crippen molar-refractivity contribution in [2.75, 3.05) is 19.8 Å². The summed E-state index contributed by atoms with van der Waals surface area (Å²) in [5.41, 5.74) is 1.01. The van der Waals surface area contributed by atoms with E-state index in [0.29, 0.717) is 19.8 Å². The monoisotopic (exact) mass is 268 g/mol. The van der Waals surface area contributed by atoms with Crippen LogP contribution in [0.3, 0.4) is 0 Å². The van der Waals surface area contributed by atoms with Crippen LogP contribution in [0.15, 0.2) is 30.3 Å². The van der Waals surface area contributed by atoms with Crippen LogP contribution < -0.4 is 0 Å². The van der Waals surface area contributed by atoms with Crippen molar-refractivity contribution < 1.29 is 14.2 Å². The highest BCUT2D eigenvalue weighted by atomic mass is 28.1. The van der Waals surface area contributed by atoms with Crippen molar-refractivity contribution in [2.24, 2.45) is 0 Å². The Morgan fingerprint density at radius 2 is 1.56 bits per heavy atom. The number of ether oxygens (including phenoxy) is 3. The van der Waals surface area contributed by atoms with E-state index in [0.717, 1.165) is 15.8 Å². The van der Waals surface area contributed by atoms with Gasteiger partial charge < -0.3 is 14.2 Å². The van der Waals surface area contributed by atoms with Crippen LogP contribution in [-0.4, -0.2) is 35.8 Å². The molecule has 0 radical (unpaired) electrons. The third-order valence-corrected chi connectivity index (χ3v) is 3.94. The number of hydrogen-bond donors (Lipinski definition) is 0. The van der Waals surface area contributed by atoms with Gasteiger partial charge in [-0.15, -0.1) is 0 Å². The van der Waals surface area contributed by atoms with Crippen LogP contribution in [-0.2, 0) is 20.0 Å². The summed E-state index contributed by atoms with van der Waals surface area (Å²) in [7, 11) is 0.847. The van der Waals surface area contributed by atoms with Crippen molar-refractivity contribution in [1.29, 1.82) is 0 Å². The van der Waals surface area contributed by atoms with Crippen LogP contribution in [0.4, 0.5) is 0 Å². The maximum absolute atomic E-state index is 5.96. The molecule has 1 unspecified atom stereocenters. The molecule has 18 heavy (non-hydrogen) atoms. The molecule has 0 amide bonds. The van der Waals surface area contributed by atoms with Crippen LogP contribution in [0, 0.1) is 0 Å². The van der Waals surface area contributed by atoms with Gasteiger partial charge in [0.25, 0.3) is 0 Å². The van der Waals surface area contributed by atoms with Crippen LogP contribution in [0.25, 0.3) is 0 Å². The Labute approximate surface area is 113 Å². The van der Waals surface area contributed by atoms with E-state index < -0.39 is 5.79 Å². The van der Waals surface area contributed by atoms with E-state index in [1.54, 1.807) is 0 Å². The summed E-state index contributed by atoms with van der Waals surface area (Å²) >= 11 is 0. The summed E-state index contributed by atoms with van der Waals surface area (Å²) in [5.74, 6) is -0.757. The Bertz CT molecular complexity index is 323. The highest BCUT2D eigenvalue weighted by molar-refractivity contribution is 6.11. The van der Waals surface area contributed by atoms with Gasteiger partial charge in [0.05, 0.1) is 5.73 Å². The lowest BCUT2D eigenvalue weighted by atomic mass is 10.1. The molecule has 0 bridgehead atoms. The highest BCUT2D eigenvalue weighted by Gasteiger charge is 2.40. The average Bonchev–Trinajstić information content (AvgIpc) is 2.39. The third-order valence-electron chi connectivity index (χ3n) is 2.85. The molecule has 1 rings (SSSR count). The first-order chi connectivity index (χ1) is 8.71. The fraction of sp³-hybridized carbons (Fsp3) is 0.571. The molecule has 0 aliphatic carbocycles. The van der Waals surface area contributed by atoms with E-state index in [1.165, 1.54) is 0 Å². The Balaban J connectivity index is 3.11. The number of hydrogen-bond acceptors (Lipinski definition) is 3. The topological polar surface area (TPSA) is 27.7 Å². The van der Waals surface area contributed by atoms with Gasteiger partial charge in [0.2, 0.25) is 5.79 Å². The molecule has 1 atom stereocenters. The minimum Gasteiger partial charge on any atom is -0.377 e. The SMILES string of the molecule is CCOC([SiH3])C(OCC)(OCC)c1ccccc1. The maximum atomic E-state index is 5.96. The molecule has 0 aliphatic rings. The lowest BCUT2D eigenvalue weighted by Gasteiger charge is -2.38. The normalized spacial score (nSPS) is 13.7. The zero-order chi connectivity index (χ0) is 13.4. The number of benzene rings is 1. The standard InChI is InChI=1S/C14H24O3Si/c1-4-15-13(18)14(16-5-2,17-6-3)12-10-8-7-9-11-12/h7-11,13H,4-6H2,1-3,18H3. The molecule has 0 heterocycles. The lowest BCUT2D eigenvalue weighted by Crippen LogP contribution is -2.46. The molecular formula is C14H24O3Si. The van der Waals surface area contributed by atoms with Gasteiger partial charge in [-0.3, -0.25) is 0 Å². The van der Waals surface area contributed by atoms with E-state index in [2.05, 4.69) is 0 Å².